The van der Waals surface area contributed by atoms with E-state index < -0.39 is 5.41 Å². The van der Waals surface area contributed by atoms with Gasteiger partial charge in [0.25, 0.3) is 0 Å². The van der Waals surface area contributed by atoms with E-state index in [0.717, 1.165) is 30.4 Å². The van der Waals surface area contributed by atoms with Crippen LogP contribution in [0.25, 0.3) is 11.3 Å². The first-order valence-corrected chi connectivity index (χ1v) is 16.5. The van der Waals surface area contributed by atoms with Crippen LogP contribution in [0.3, 0.4) is 0 Å². The van der Waals surface area contributed by atoms with E-state index in [-0.39, 0.29) is 48.4 Å². The van der Waals surface area contributed by atoms with Crippen LogP contribution in [0.4, 0.5) is 5.69 Å². The Bertz CT molecular complexity index is 1690. The van der Waals surface area contributed by atoms with Crippen LogP contribution < -0.4 is 20.5 Å². The molecule has 0 atom stereocenters. The lowest BCUT2D eigenvalue weighted by Gasteiger charge is -2.55. The van der Waals surface area contributed by atoms with Gasteiger partial charge in [0.2, 0.25) is 5.91 Å². The monoisotopic (exact) mass is 639 g/mol. The minimum absolute atomic E-state index is 0.0491. The third-order valence-electron chi connectivity index (χ3n) is 9.84. The summed E-state index contributed by atoms with van der Waals surface area (Å²) in [4.78, 5) is 27.5. The normalized spacial score (nSPS) is 22.9. The number of nitrogens with zero attached hydrogens (tertiary/aromatic N) is 1. The number of ether oxygens (including phenoxy) is 2. The van der Waals surface area contributed by atoms with Gasteiger partial charge in [0.1, 0.15) is 30.4 Å². The van der Waals surface area contributed by atoms with Crippen LogP contribution in [-0.2, 0) is 18.0 Å². The second kappa shape index (κ2) is 12.9. The van der Waals surface area contributed by atoms with Crippen molar-refractivity contribution in [3.8, 4) is 22.8 Å². The molecule has 0 aliphatic heterocycles. The van der Waals surface area contributed by atoms with Gasteiger partial charge in [-0.15, -0.1) is 0 Å². The van der Waals surface area contributed by atoms with Gasteiger partial charge in [-0.1, -0.05) is 77.4 Å². The summed E-state index contributed by atoms with van der Waals surface area (Å²) < 4.78 is 18.4. The molecule has 46 heavy (non-hydrogen) atoms. The Kier molecular flexibility index (Phi) is 8.58. The highest BCUT2D eigenvalue weighted by Crippen LogP contribution is 2.60. The molecule has 9 heteroatoms. The number of carbonyl (C=O) groups excluding carboxylic acids is 2. The van der Waals surface area contributed by atoms with Gasteiger partial charge < -0.3 is 25.0 Å². The molecule has 0 radical (unpaired) electrons. The number of Topliss-reactive ketones (excluding diaryl/α,β-unsaturated/α-hetero) is 1. The molecule has 1 aromatic heterocycles. The number of amides is 1. The highest BCUT2D eigenvalue weighted by Gasteiger charge is 2.55. The molecular formula is C37H38ClN3O5. The molecule has 238 valence electrons. The molecule has 3 N–H and O–H groups in total. The van der Waals surface area contributed by atoms with Gasteiger partial charge in [-0.2, -0.15) is 0 Å². The average Bonchev–Trinajstić information content (AvgIpc) is 3.47. The van der Waals surface area contributed by atoms with Crippen molar-refractivity contribution in [1.82, 2.24) is 5.16 Å². The molecule has 4 saturated carbocycles. The first-order chi connectivity index (χ1) is 22.4. The number of ketones is 1. The Morgan fingerprint density at radius 2 is 1.43 bits per heavy atom. The fourth-order valence-electron chi connectivity index (χ4n) is 8.08. The molecule has 4 fully saturated rings. The van der Waals surface area contributed by atoms with Gasteiger partial charge in [-0.25, -0.2) is 0 Å². The maximum atomic E-state index is 14.2. The summed E-state index contributed by atoms with van der Waals surface area (Å²) in [5.74, 6) is 2.41. The number of hydrogen-bond acceptors (Lipinski definition) is 7. The highest BCUT2D eigenvalue weighted by molar-refractivity contribution is 6.32. The van der Waals surface area contributed by atoms with E-state index in [1.54, 1.807) is 12.1 Å². The predicted molar refractivity (Wildman–Crippen MR) is 176 cm³/mol. The minimum atomic E-state index is -0.448. The van der Waals surface area contributed by atoms with Crippen molar-refractivity contribution in [1.29, 1.82) is 0 Å². The van der Waals surface area contributed by atoms with Crippen LogP contribution in [0.2, 0.25) is 5.02 Å². The molecule has 0 unspecified atom stereocenters. The molecule has 3 aromatic carbocycles. The number of rotatable bonds is 12. The van der Waals surface area contributed by atoms with E-state index in [1.165, 1.54) is 19.3 Å². The fraction of sp³-hybridized carbons (Fsp3) is 0.378. The SMILES string of the molecule is NCCC(=O)c1noc(-c2cc(Cl)c(OCc3ccccc3)cc2OCc2ccccc2)c1NC(=O)C12CC3CC(CC(C3)C1)C2. The van der Waals surface area contributed by atoms with Crippen LogP contribution in [0.15, 0.2) is 77.3 Å². The van der Waals surface area contributed by atoms with E-state index in [1.807, 2.05) is 60.7 Å². The molecule has 0 saturated heterocycles. The summed E-state index contributed by atoms with van der Waals surface area (Å²) in [6, 6.07) is 23.0. The summed E-state index contributed by atoms with van der Waals surface area (Å²) in [5, 5.41) is 7.64. The average molecular weight is 640 g/mol. The molecule has 4 aliphatic rings. The quantitative estimate of drug-likeness (QED) is 0.152. The van der Waals surface area contributed by atoms with Crippen molar-refractivity contribution in [3.63, 3.8) is 0 Å². The molecule has 8 nitrogen and oxygen atoms in total. The van der Waals surface area contributed by atoms with Gasteiger partial charge in [0, 0.05) is 12.5 Å². The Labute approximate surface area is 273 Å². The number of halogens is 1. The third-order valence-corrected chi connectivity index (χ3v) is 10.1. The van der Waals surface area contributed by atoms with Crippen molar-refractivity contribution in [2.45, 2.75) is 58.2 Å². The number of hydrogen-bond donors (Lipinski definition) is 2. The zero-order valence-corrected chi connectivity index (χ0v) is 26.4. The van der Waals surface area contributed by atoms with Crippen LogP contribution in [-0.4, -0.2) is 23.4 Å². The van der Waals surface area contributed by atoms with E-state index in [4.69, 9.17) is 31.3 Å². The lowest BCUT2D eigenvalue weighted by Crippen LogP contribution is -2.51. The fourth-order valence-corrected chi connectivity index (χ4v) is 8.30. The summed E-state index contributed by atoms with van der Waals surface area (Å²) in [5.41, 5.74) is 7.98. The van der Waals surface area contributed by atoms with E-state index in [2.05, 4.69) is 10.5 Å². The van der Waals surface area contributed by atoms with Gasteiger partial charge in [-0.05, 0) is 80.0 Å². The zero-order valence-electron chi connectivity index (χ0n) is 25.7. The van der Waals surface area contributed by atoms with Crippen LogP contribution >= 0.6 is 11.6 Å². The smallest absolute Gasteiger partial charge is 0.230 e. The van der Waals surface area contributed by atoms with E-state index in [9.17, 15) is 9.59 Å². The minimum Gasteiger partial charge on any atom is -0.488 e. The lowest BCUT2D eigenvalue weighted by atomic mass is 9.49. The van der Waals surface area contributed by atoms with Crippen molar-refractivity contribution < 1.29 is 23.6 Å². The maximum absolute atomic E-state index is 14.2. The second-order valence-electron chi connectivity index (χ2n) is 13.2. The van der Waals surface area contributed by atoms with Gasteiger partial charge >= 0.3 is 0 Å². The first kappa shape index (κ1) is 30.5. The van der Waals surface area contributed by atoms with E-state index in [0.29, 0.717) is 46.4 Å². The summed E-state index contributed by atoms with van der Waals surface area (Å²) in [6.07, 6.45) is 6.34. The molecule has 4 aliphatic carbocycles. The van der Waals surface area contributed by atoms with Gasteiger partial charge in [0.05, 0.1) is 16.0 Å². The Hall–Kier alpha value is -4.14. The lowest BCUT2D eigenvalue weighted by molar-refractivity contribution is -0.140. The first-order valence-electron chi connectivity index (χ1n) is 16.1. The van der Waals surface area contributed by atoms with Gasteiger partial charge in [0.15, 0.2) is 17.2 Å². The Morgan fingerprint density at radius 3 is 2.00 bits per heavy atom. The second-order valence-corrected chi connectivity index (χ2v) is 13.6. The van der Waals surface area contributed by atoms with Crippen molar-refractivity contribution in [2.75, 3.05) is 11.9 Å². The molecular weight excluding hydrogens is 602 g/mol. The van der Waals surface area contributed by atoms with Crippen molar-refractivity contribution >= 4 is 29.0 Å². The Morgan fingerprint density at radius 1 is 0.870 bits per heavy atom. The largest absolute Gasteiger partial charge is 0.488 e. The number of carbonyl (C=O) groups is 2. The number of benzene rings is 3. The van der Waals surface area contributed by atoms with E-state index >= 15 is 0 Å². The standard InChI is InChI=1S/C37H38ClN3O5/c38-29-16-28(31(44-21-23-7-3-1-4-8-23)17-32(29)45-22-24-9-5-2-6-10-24)35-34(33(41-46-35)30(42)11-12-39)40-36(43)37-18-25-13-26(19-37)15-27(14-25)20-37/h1-10,16-17,25-27H,11-15,18-22,39H2,(H,40,43). The Balaban J connectivity index is 1.26. The third kappa shape index (κ3) is 6.16. The molecule has 1 heterocycles. The molecule has 1 amide bonds. The van der Waals surface area contributed by atoms with Crippen molar-refractivity contribution in [2.24, 2.45) is 28.9 Å². The summed E-state index contributed by atoms with van der Waals surface area (Å²) in [6.45, 7) is 0.716. The number of nitrogens with two attached hydrogens (primary N) is 1. The highest BCUT2D eigenvalue weighted by atomic mass is 35.5. The maximum Gasteiger partial charge on any atom is 0.230 e. The summed E-state index contributed by atoms with van der Waals surface area (Å²) in [7, 11) is 0. The molecule has 0 spiro atoms. The zero-order chi connectivity index (χ0) is 31.7. The topological polar surface area (TPSA) is 117 Å². The van der Waals surface area contributed by atoms with Crippen LogP contribution in [0.1, 0.15) is 66.6 Å². The number of nitrogens with one attached hydrogen (secondary N) is 1. The number of anilines is 1. The molecule has 4 aromatic rings. The van der Waals surface area contributed by atoms with Crippen LogP contribution in [0.5, 0.6) is 11.5 Å². The van der Waals surface area contributed by atoms with Gasteiger partial charge in [-0.3, -0.25) is 9.59 Å². The molecule has 4 bridgehead atoms. The number of aromatic nitrogens is 1. The summed E-state index contributed by atoms with van der Waals surface area (Å²) >= 11 is 6.81. The van der Waals surface area contributed by atoms with Crippen molar-refractivity contribution in [3.05, 3.63) is 94.6 Å². The molecule has 8 rings (SSSR count). The predicted octanol–water partition coefficient (Wildman–Crippen LogP) is 7.84. The van der Waals surface area contributed by atoms with Crippen LogP contribution in [0, 0.1) is 23.2 Å².